The van der Waals surface area contributed by atoms with E-state index in [1.165, 1.54) is 14.2 Å². The van der Waals surface area contributed by atoms with E-state index in [1.807, 2.05) is 24.3 Å². The molecule has 0 unspecified atom stereocenters. The summed E-state index contributed by atoms with van der Waals surface area (Å²) in [5.41, 5.74) is 7.43. The monoisotopic (exact) mass is 229 g/mol. The van der Waals surface area contributed by atoms with Crippen LogP contribution in [0.2, 0.25) is 0 Å². The van der Waals surface area contributed by atoms with Gasteiger partial charge in [-0.1, -0.05) is 24.3 Å². The third-order valence-corrected chi connectivity index (χ3v) is 4.02. The molecule has 0 fully saturated rings. The van der Waals surface area contributed by atoms with E-state index in [1.54, 1.807) is 0 Å². The Bertz CT molecular complexity index is 359. The average molecular weight is 229 g/mol. The van der Waals surface area contributed by atoms with Gasteiger partial charge in [-0.15, -0.1) is 0 Å². The zero-order valence-corrected chi connectivity index (χ0v) is 9.87. The summed E-state index contributed by atoms with van der Waals surface area (Å²) in [5.74, 6) is 0. The van der Waals surface area contributed by atoms with Gasteiger partial charge in [0.25, 0.3) is 0 Å². The van der Waals surface area contributed by atoms with Crippen molar-refractivity contribution in [1.82, 2.24) is 0 Å². The molecule has 15 heavy (non-hydrogen) atoms. The van der Waals surface area contributed by atoms with Crippen LogP contribution < -0.4 is 5.73 Å². The van der Waals surface area contributed by atoms with E-state index in [4.69, 9.17) is 14.8 Å². The van der Waals surface area contributed by atoms with Crippen LogP contribution >= 0.6 is 7.60 Å². The standard InChI is InChI=1S/C10H16NO3P/c1-13-15(12,14-2)8-10-5-3-4-9(6-10)7-11/h3-6H,7-8,11H2,1-2H3. The molecule has 0 aliphatic rings. The van der Waals surface area contributed by atoms with Gasteiger partial charge in [-0.3, -0.25) is 4.57 Å². The van der Waals surface area contributed by atoms with E-state index < -0.39 is 7.60 Å². The second kappa shape index (κ2) is 5.42. The molecule has 0 amide bonds. The van der Waals surface area contributed by atoms with Crippen molar-refractivity contribution in [2.45, 2.75) is 12.7 Å². The third-order valence-electron chi connectivity index (χ3n) is 2.16. The summed E-state index contributed by atoms with van der Waals surface area (Å²) >= 11 is 0. The van der Waals surface area contributed by atoms with Crippen LogP contribution in [-0.4, -0.2) is 14.2 Å². The van der Waals surface area contributed by atoms with Crippen LogP contribution in [0.25, 0.3) is 0 Å². The van der Waals surface area contributed by atoms with Crippen LogP contribution in [0.1, 0.15) is 11.1 Å². The van der Waals surface area contributed by atoms with Gasteiger partial charge in [-0.25, -0.2) is 0 Å². The molecular formula is C10H16NO3P. The number of nitrogens with two attached hydrogens (primary N) is 1. The number of hydrogen-bond donors (Lipinski definition) is 1. The first kappa shape index (κ1) is 12.4. The zero-order valence-electron chi connectivity index (χ0n) is 8.97. The van der Waals surface area contributed by atoms with Crippen LogP contribution in [0, 0.1) is 0 Å². The molecule has 0 aliphatic heterocycles. The Balaban J connectivity index is 2.84. The molecule has 84 valence electrons. The molecule has 0 heterocycles. The maximum atomic E-state index is 11.8. The Kier molecular flexibility index (Phi) is 4.48. The average Bonchev–Trinajstić information content (AvgIpc) is 2.29. The maximum absolute atomic E-state index is 11.8. The topological polar surface area (TPSA) is 61.5 Å². The van der Waals surface area contributed by atoms with E-state index in [0.717, 1.165) is 11.1 Å². The summed E-state index contributed by atoms with van der Waals surface area (Å²) in [5, 5.41) is 0. The van der Waals surface area contributed by atoms with Crippen molar-refractivity contribution in [2.24, 2.45) is 5.73 Å². The summed E-state index contributed by atoms with van der Waals surface area (Å²) < 4.78 is 21.6. The van der Waals surface area contributed by atoms with E-state index in [9.17, 15) is 4.57 Å². The van der Waals surface area contributed by atoms with Gasteiger partial charge in [0, 0.05) is 20.8 Å². The first-order chi connectivity index (χ1) is 7.13. The Morgan fingerprint density at radius 1 is 1.27 bits per heavy atom. The fraction of sp³-hybridized carbons (Fsp3) is 0.400. The molecule has 1 rings (SSSR count). The highest BCUT2D eigenvalue weighted by Gasteiger charge is 2.21. The molecule has 0 saturated carbocycles. The van der Waals surface area contributed by atoms with Crippen molar-refractivity contribution in [2.75, 3.05) is 14.2 Å². The molecule has 0 radical (unpaired) electrons. The highest BCUT2D eigenvalue weighted by atomic mass is 31.2. The van der Waals surface area contributed by atoms with Crippen LogP contribution in [0.15, 0.2) is 24.3 Å². The molecule has 2 N–H and O–H groups in total. The Morgan fingerprint density at radius 2 is 1.87 bits per heavy atom. The highest BCUT2D eigenvalue weighted by Crippen LogP contribution is 2.49. The lowest BCUT2D eigenvalue weighted by Crippen LogP contribution is -1.98. The molecule has 1 aromatic carbocycles. The minimum atomic E-state index is -2.97. The predicted octanol–water partition coefficient (Wildman–Crippen LogP) is 2.13. The summed E-state index contributed by atoms with van der Waals surface area (Å²) in [6, 6.07) is 7.59. The molecule has 0 bridgehead atoms. The second-order valence-electron chi connectivity index (χ2n) is 3.16. The van der Waals surface area contributed by atoms with Gasteiger partial charge in [0.2, 0.25) is 0 Å². The van der Waals surface area contributed by atoms with E-state index in [-0.39, 0.29) is 6.16 Å². The summed E-state index contributed by atoms with van der Waals surface area (Å²) in [6.45, 7) is 0.470. The number of rotatable bonds is 5. The highest BCUT2D eigenvalue weighted by molar-refractivity contribution is 7.52. The fourth-order valence-electron chi connectivity index (χ4n) is 1.28. The largest absolute Gasteiger partial charge is 0.334 e. The first-order valence-electron chi connectivity index (χ1n) is 4.62. The Hall–Kier alpha value is -0.670. The van der Waals surface area contributed by atoms with Gasteiger partial charge < -0.3 is 14.8 Å². The van der Waals surface area contributed by atoms with E-state index in [2.05, 4.69) is 0 Å². The minimum Gasteiger partial charge on any atom is -0.326 e. The number of benzene rings is 1. The lowest BCUT2D eigenvalue weighted by molar-refractivity contribution is 0.275. The van der Waals surface area contributed by atoms with Crippen molar-refractivity contribution in [3.63, 3.8) is 0 Å². The first-order valence-corrected chi connectivity index (χ1v) is 6.35. The molecule has 0 spiro atoms. The summed E-state index contributed by atoms with van der Waals surface area (Å²) in [4.78, 5) is 0. The van der Waals surface area contributed by atoms with Crippen molar-refractivity contribution < 1.29 is 13.6 Å². The van der Waals surface area contributed by atoms with Gasteiger partial charge in [-0.05, 0) is 11.1 Å². The van der Waals surface area contributed by atoms with Crippen molar-refractivity contribution >= 4 is 7.60 Å². The molecule has 4 nitrogen and oxygen atoms in total. The lowest BCUT2D eigenvalue weighted by Gasteiger charge is -2.13. The van der Waals surface area contributed by atoms with Crippen molar-refractivity contribution in [3.05, 3.63) is 35.4 Å². The van der Waals surface area contributed by atoms with Gasteiger partial charge in [0.1, 0.15) is 0 Å². The number of hydrogen-bond acceptors (Lipinski definition) is 4. The molecule has 1 aromatic rings. The van der Waals surface area contributed by atoms with Gasteiger partial charge in [-0.2, -0.15) is 0 Å². The summed E-state index contributed by atoms with van der Waals surface area (Å²) in [7, 11) is -0.202. The molecule has 5 heteroatoms. The van der Waals surface area contributed by atoms with Crippen LogP contribution in [0.4, 0.5) is 0 Å². The molecule has 0 aromatic heterocycles. The van der Waals surface area contributed by atoms with Gasteiger partial charge >= 0.3 is 7.60 Å². The quantitative estimate of drug-likeness (QED) is 0.785. The molecule has 0 aliphatic carbocycles. The molecule has 0 atom stereocenters. The minimum absolute atomic E-state index is 0.272. The van der Waals surface area contributed by atoms with E-state index >= 15 is 0 Å². The molecule has 0 saturated heterocycles. The maximum Gasteiger partial charge on any atom is 0.334 e. The lowest BCUT2D eigenvalue weighted by atomic mass is 10.1. The SMILES string of the molecule is COP(=O)(Cc1cccc(CN)c1)OC. The van der Waals surface area contributed by atoms with Gasteiger partial charge in [0.15, 0.2) is 0 Å². The Morgan fingerprint density at radius 3 is 2.40 bits per heavy atom. The van der Waals surface area contributed by atoms with Crippen LogP contribution in [-0.2, 0) is 26.3 Å². The Labute approximate surface area is 89.9 Å². The van der Waals surface area contributed by atoms with Crippen LogP contribution in [0.3, 0.4) is 0 Å². The fourth-order valence-corrected chi connectivity index (χ4v) is 2.33. The smallest absolute Gasteiger partial charge is 0.326 e. The third kappa shape index (κ3) is 3.43. The molecular weight excluding hydrogens is 213 g/mol. The zero-order chi connectivity index (χ0) is 11.3. The van der Waals surface area contributed by atoms with Crippen molar-refractivity contribution in [3.8, 4) is 0 Å². The van der Waals surface area contributed by atoms with E-state index in [0.29, 0.717) is 6.54 Å². The predicted molar refractivity (Wildman–Crippen MR) is 59.7 cm³/mol. The summed E-state index contributed by atoms with van der Waals surface area (Å²) in [6.07, 6.45) is 0.272. The normalized spacial score (nSPS) is 11.7. The van der Waals surface area contributed by atoms with Crippen molar-refractivity contribution in [1.29, 1.82) is 0 Å². The van der Waals surface area contributed by atoms with Gasteiger partial charge in [0.05, 0.1) is 6.16 Å². The second-order valence-corrected chi connectivity index (χ2v) is 5.43. The van der Waals surface area contributed by atoms with Crippen LogP contribution in [0.5, 0.6) is 0 Å².